The van der Waals surface area contributed by atoms with Gasteiger partial charge >= 0.3 is 0 Å². The van der Waals surface area contributed by atoms with Crippen LogP contribution in [0, 0.1) is 5.92 Å². The summed E-state index contributed by atoms with van der Waals surface area (Å²) in [6.45, 7) is 2.88. The molecule has 1 saturated carbocycles. The van der Waals surface area contributed by atoms with E-state index in [1.54, 1.807) is 7.11 Å². The Hall–Kier alpha value is -2.70. The molecule has 2 atom stereocenters. The van der Waals surface area contributed by atoms with Gasteiger partial charge in [-0.3, -0.25) is 14.5 Å². The first kappa shape index (κ1) is 26.9. The summed E-state index contributed by atoms with van der Waals surface area (Å²) in [6.07, 6.45) is 9.80. The number of fused-ring (bicyclic) bond motifs is 3. The number of rotatable bonds is 5. The topological polar surface area (TPSA) is 53.1 Å². The van der Waals surface area contributed by atoms with Crippen LogP contribution in [0.5, 0.6) is 0 Å². The average Bonchev–Trinajstić information content (AvgIpc) is 2.96. The number of para-hydroxylation sites is 1. The minimum atomic E-state index is -0.0219. The van der Waals surface area contributed by atoms with Gasteiger partial charge in [-0.15, -0.1) is 0 Å². The molecule has 2 aromatic rings. The van der Waals surface area contributed by atoms with Crippen molar-refractivity contribution in [2.75, 3.05) is 31.7 Å². The van der Waals surface area contributed by atoms with Crippen LogP contribution in [0.1, 0.15) is 68.9 Å². The number of anilines is 1. The van der Waals surface area contributed by atoms with Crippen LogP contribution in [0.15, 0.2) is 54.6 Å². The van der Waals surface area contributed by atoms with Crippen molar-refractivity contribution >= 4 is 17.5 Å². The van der Waals surface area contributed by atoms with Gasteiger partial charge in [0.1, 0.15) is 6.61 Å². The normalized spacial score (nSPS) is 23.4. The number of methoxy groups -OCH3 is 1. The fraction of sp³-hybridized carbons (Fsp3) is 0.562. The number of hydrogen-bond donors (Lipinski definition) is 0. The Labute approximate surface area is 227 Å². The van der Waals surface area contributed by atoms with E-state index in [9.17, 15) is 9.59 Å². The fourth-order valence-electron chi connectivity index (χ4n) is 6.84. The molecule has 2 heterocycles. The number of carbonyl (C=O) groups excluding carboxylic acids is 2. The highest BCUT2D eigenvalue weighted by Gasteiger charge is 2.36. The Morgan fingerprint density at radius 3 is 2.37 bits per heavy atom. The van der Waals surface area contributed by atoms with Crippen molar-refractivity contribution in [2.45, 2.75) is 83.0 Å². The minimum absolute atomic E-state index is 0.0219. The molecule has 6 nitrogen and oxygen atoms in total. The fourth-order valence-corrected chi connectivity index (χ4v) is 6.84. The van der Waals surface area contributed by atoms with Crippen LogP contribution in [0.2, 0.25) is 0 Å². The maximum Gasteiger partial charge on any atom is 0.252 e. The zero-order valence-electron chi connectivity index (χ0n) is 22.9. The van der Waals surface area contributed by atoms with Crippen LogP contribution in [-0.4, -0.2) is 60.5 Å². The van der Waals surface area contributed by atoms with Crippen LogP contribution in [-0.2, 0) is 27.4 Å². The van der Waals surface area contributed by atoms with Crippen molar-refractivity contribution in [3.8, 4) is 0 Å². The molecule has 6 heteroatoms. The van der Waals surface area contributed by atoms with E-state index in [1.165, 1.54) is 12.0 Å². The van der Waals surface area contributed by atoms with Gasteiger partial charge in [-0.25, -0.2) is 0 Å². The molecule has 0 spiro atoms. The molecule has 0 radical (unpaired) electrons. The largest absolute Gasteiger partial charge is 0.375 e. The summed E-state index contributed by atoms with van der Waals surface area (Å²) >= 11 is 0. The van der Waals surface area contributed by atoms with Crippen LogP contribution in [0.3, 0.4) is 0 Å². The predicted octanol–water partition coefficient (Wildman–Crippen LogP) is 5.40. The molecule has 2 amide bonds. The number of piperidine rings is 1. The standard InChI is InChI=1S/C32H43N3O3/c1-38-24-31(36)34-20-19-28-16-10-17-29(35(28)21-25-11-4-2-5-12-25)23-33(22-27-15-8-9-18-30(27)34)32(37)26-13-6-3-7-14-26/h2,4-5,8-9,11-12,15,18,26,28-29H,3,6-7,10,13-14,16-17,19-24H2,1H3. The van der Waals surface area contributed by atoms with E-state index in [4.69, 9.17) is 4.74 Å². The van der Waals surface area contributed by atoms with Crippen LogP contribution in [0.4, 0.5) is 5.69 Å². The highest BCUT2D eigenvalue weighted by atomic mass is 16.5. The lowest BCUT2D eigenvalue weighted by Crippen LogP contribution is -2.53. The zero-order valence-corrected chi connectivity index (χ0v) is 22.9. The Bertz CT molecular complexity index is 1070. The first-order chi connectivity index (χ1) is 18.6. The summed E-state index contributed by atoms with van der Waals surface area (Å²) in [5, 5.41) is 0. The third-order valence-electron chi connectivity index (χ3n) is 8.82. The lowest BCUT2D eigenvalue weighted by atomic mass is 9.87. The molecule has 2 bridgehead atoms. The number of carbonyl (C=O) groups is 2. The molecular weight excluding hydrogens is 474 g/mol. The predicted molar refractivity (Wildman–Crippen MR) is 151 cm³/mol. The quantitative estimate of drug-likeness (QED) is 0.533. The number of hydrogen-bond acceptors (Lipinski definition) is 4. The number of benzene rings is 2. The third kappa shape index (κ3) is 6.29. The summed E-state index contributed by atoms with van der Waals surface area (Å²) in [7, 11) is 1.58. The third-order valence-corrected chi connectivity index (χ3v) is 8.82. The van der Waals surface area contributed by atoms with E-state index in [-0.39, 0.29) is 18.4 Å². The van der Waals surface area contributed by atoms with Gasteiger partial charge in [-0.2, -0.15) is 0 Å². The molecule has 3 aliphatic rings. The van der Waals surface area contributed by atoms with Gasteiger partial charge in [0, 0.05) is 57.0 Å². The summed E-state index contributed by atoms with van der Waals surface area (Å²) in [6, 6.07) is 19.5. The van der Waals surface area contributed by atoms with E-state index < -0.39 is 0 Å². The van der Waals surface area contributed by atoms with Crippen molar-refractivity contribution in [3.63, 3.8) is 0 Å². The molecular formula is C32H43N3O3. The SMILES string of the molecule is COCC(=O)N1CCC2CCCC(CN(C(=O)C3CCCCC3)Cc3ccccc31)N2Cc1ccccc1. The molecule has 2 aromatic carbocycles. The molecule has 1 saturated heterocycles. The van der Waals surface area contributed by atoms with Gasteiger partial charge in [0.15, 0.2) is 0 Å². The van der Waals surface area contributed by atoms with E-state index in [0.717, 1.165) is 75.7 Å². The molecule has 0 N–H and O–H groups in total. The van der Waals surface area contributed by atoms with Gasteiger partial charge in [0.05, 0.1) is 0 Å². The first-order valence-corrected chi connectivity index (χ1v) is 14.6. The average molecular weight is 518 g/mol. The molecule has 2 aliphatic heterocycles. The lowest BCUT2D eigenvalue weighted by molar-refractivity contribution is -0.138. The molecule has 204 valence electrons. The van der Waals surface area contributed by atoms with E-state index in [2.05, 4.69) is 46.2 Å². The molecule has 0 aromatic heterocycles. The summed E-state index contributed by atoms with van der Waals surface area (Å²) < 4.78 is 5.28. The zero-order chi connectivity index (χ0) is 26.3. The van der Waals surface area contributed by atoms with Gasteiger partial charge in [0.25, 0.3) is 5.91 Å². The molecule has 5 rings (SSSR count). The highest BCUT2D eigenvalue weighted by Crippen LogP contribution is 2.33. The minimum Gasteiger partial charge on any atom is -0.375 e. The maximum absolute atomic E-state index is 14.1. The summed E-state index contributed by atoms with van der Waals surface area (Å²) in [5.74, 6) is 0.399. The number of ether oxygens (including phenoxy) is 1. The van der Waals surface area contributed by atoms with E-state index >= 15 is 0 Å². The summed E-state index contributed by atoms with van der Waals surface area (Å²) in [5.41, 5.74) is 3.27. The summed E-state index contributed by atoms with van der Waals surface area (Å²) in [4.78, 5) is 34.1. The smallest absolute Gasteiger partial charge is 0.252 e. The van der Waals surface area contributed by atoms with Gasteiger partial charge in [0.2, 0.25) is 5.91 Å². The van der Waals surface area contributed by atoms with Gasteiger partial charge in [-0.05, 0) is 49.3 Å². The van der Waals surface area contributed by atoms with E-state index in [1.807, 2.05) is 23.1 Å². The molecule has 2 fully saturated rings. The Kier molecular flexibility index (Phi) is 9.13. The van der Waals surface area contributed by atoms with Crippen molar-refractivity contribution < 1.29 is 14.3 Å². The van der Waals surface area contributed by atoms with Crippen molar-refractivity contribution in [1.82, 2.24) is 9.80 Å². The maximum atomic E-state index is 14.1. The monoisotopic (exact) mass is 517 g/mol. The lowest BCUT2D eigenvalue weighted by Gasteiger charge is -2.44. The Morgan fingerprint density at radius 2 is 1.58 bits per heavy atom. The molecule has 2 unspecified atom stereocenters. The van der Waals surface area contributed by atoms with Crippen LogP contribution in [0.25, 0.3) is 0 Å². The van der Waals surface area contributed by atoms with Gasteiger partial charge < -0.3 is 14.5 Å². The van der Waals surface area contributed by atoms with Gasteiger partial charge in [-0.1, -0.05) is 74.2 Å². The second-order valence-corrected chi connectivity index (χ2v) is 11.3. The van der Waals surface area contributed by atoms with Crippen molar-refractivity contribution in [2.24, 2.45) is 5.92 Å². The van der Waals surface area contributed by atoms with E-state index in [0.29, 0.717) is 31.1 Å². The highest BCUT2D eigenvalue weighted by molar-refractivity contribution is 5.95. The Morgan fingerprint density at radius 1 is 0.842 bits per heavy atom. The molecule has 1 aliphatic carbocycles. The second kappa shape index (κ2) is 12.9. The van der Waals surface area contributed by atoms with Crippen molar-refractivity contribution in [3.05, 3.63) is 65.7 Å². The first-order valence-electron chi connectivity index (χ1n) is 14.6. The van der Waals surface area contributed by atoms with Crippen molar-refractivity contribution in [1.29, 1.82) is 0 Å². The molecule has 38 heavy (non-hydrogen) atoms. The Balaban J connectivity index is 1.52. The number of nitrogens with zero attached hydrogens (tertiary/aromatic N) is 3. The number of amides is 2. The second-order valence-electron chi connectivity index (χ2n) is 11.3. The van der Waals surface area contributed by atoms with Crippen LogP contribution >= 0.6 is 0 Å². The van der Waals surface area contributed by atoms with Crippen LogP contribution < -0.4 is 4.90 Å².